The van der Waals surface area contributed by atoms with Crippen molar-refractivity contribution in [2.75, 3.05) is 13.2 Å². The number of hydrogen-bond donors (Lipinski definition) is 4. The van der Waals surface area contributed by atoms with Gasteiger partial charge in [0.1, 0.15) is 17.2 Å². The Hall–Kier alpha value is -1.12. The molecule has 150 valence electrons. The van der Waals surface area contributed by atoms with Crippen LogP contribution in [0.2, 0.25) is 0 Å². The van der Waals surface area contributed by atoms with E-state index in [-0.39, 0.29) is 30.6 Å². The molecule has 4 N–H and O–H groups in total. The van der Waals surface area contributed by atoms with Crippen molar-refractivity contribution in [2.45, 2.75) is 64.4 Å². The highest BCUT2D eigenvalue weighted by Crippen LogP contribution is 2.46. The smallest absolute Gasteiger partial charge is 0.148 e. The van der Waals surface area contributed by atoms with Gasteiger partial charge in [-0.1, -0.05) is 26.0 Å². The summed E-state index contributed by atoms with van der Waals surface area (Å²) < 4.78 is 5.63. The minimum absolute atomic E-state index is 0.0236. The lowest BCUT2D eigenvalue weighted by Gasteiger charge is -2.28. The first-order valence-electron chi connectivity index (χ1n) is 9.11. The van der Waals surface area contributed by atoms with Gasteiger partial charge in [-0.05, 0) is 13.8 Å². The second-order valence-electron chi connectivity index (χ2n) is 7.20. The van der Waals surface area contributed by atoms with E-state index in [1.807, 2.05) is 26.0 Å². The van der Waals surface area contributed by atoms with E-state index in [9.17, 15) is 30.0 Å². The SMILES string of the molecule is C/C=C\[C@H](C)[C@H]1OC1(C)[C@@H](O)[C@@H](CO)C(=O)[C@H](CO)[C@@H](O)CC(=O)CC. The highest BCUT2D eigenvalue weighted by molar-refractivity contribution is 5.86. The van der Waals surface area contributed by atoms with E-state index in [1.165, 1.54) is 0 Å². The first-order valence-corrected chi connectivity index (χ1v) is 9.11. The van der Waals surface area contributed by atoms with Crippen LogP contribution < -0.4 is 0 Å². The Bertz CT molecular complexity index is 518. The summed E-state index contributed by atoms with van der Waals surface area (Å²) in [5.41, 5.74) is -0.994. The monoisotopic (exact) mass is 372 g/mol. The number of ether oxygens (including phenoxy) is 1. The average Bonchev–Trinajstić information content (AvgIpc) is 3.29. The summed E-state index contributed by atoms with van der Waals surface area (Å²) in [6.45, 7) is 5.79. The minimum Gasteiger partial charge on any atom is -0.396 e. The van der Waals surface area contributed by atoms with E-state index in [1.54, 1.807) is 13.8 Å². The summed E-state index contributed by atoms with van der Waals surface area (Å²) in [4.78, 5) is 24.2. The molecule has 1 heterocycles. The van der Waals surface area contributed by atoms with Crippen LogP contribution in [0.25, 0.3) is 0 Å². The average molecular weight is 372 g/mol. The summed E-state index contributed by atoms with van der Waals surface area (Å²) >= 11 is 0. The van der Waals surface area contributed by atoms with Crippen molar-refractivity contribution in [2.24, 2.45) is 17.8 Å². The first-order chi connectivity index (χ1) is 12.2. The number of aliphatic hydroxyl groups excluding tert-OH is 4. The minimum atomic E-state index is -1.35. The topological polar surface area (TPSA) is 128 Å². The second kappa shape index (κ2) is 9.71. The molecule has 26 heavy (non-hydrogen) atoms. The number of rotatable bonds is 12. The Balaban J connectivity index is 2.88. The summed E-state index contributed by atoms with van der Waals surface area (Å²) in [5, 5.41) is 40.0. The van der Waals surface area contributed by atoms with Gasteiger partial charge < -0.3 is 25.2 Å². The third-order valence-electron chi connectivity index (χ3n) is 5.25. The van der Waals surface area contributed by atoms with Gasteiger partial charge in [-0.15, -0.1) is 0 Å². The van der Waals surface area contributed by atoms with Crippen molar-refractivity contribution >= 4 is 11.6 Å². The van der Waals surface area contributed by atoms with Crippen LogP contribution in [0.5, 0.6) is 0 Å². The van der Waals surface area contributed by atoms with Gasteiger partial charge in [0.25, 0.3) is 0 Å². The highest BCUT2D eigenvalue weighted by atomic mass is 16.6. The molecule has 0 aromatic rings. The van der Waals surface area contributed by atoms with E-state index >= 15 is 0 Å². The molecule has 0 aromatic heterocycles. The van der Waals surface area contributed by atoms with Crippen molar-refractivity contribution in [3.63, 3.8) is 0 Å². The fourth-order valence-corrected chi connectivity index (χ4v) is 3.45. The van der Waals surface area contributed by atoms with Gasteiger partial charge in [-0.3, -0.25) is 9.59 Å². The van der Waals surface area contributed by atoms with Crippen LogP contribution in [0.4, 0.5) is 0 Å². The Morgan fingerprint density at radius 2 is 1.77 bits per heavy atom. The third-order valence-corrected chi connectivity index (χ3v) is 5.25. The van der Waals surface area contributed by atoms with Gasteiger partial charge >= 0.3 is 0 Å². The fraction of sp³-hybridized carbons (Fsp3) is 0.789. The predicted octanol–water partition coefficient (Wildman–Crippen LogP) is 0.233. The molecule has 1 fully saturated rings. The van der Waals surface area contributed by atoms with Crippen LogP contribution in [0.3, 0.4) is 0 Å². The van der Waals surface area contributed by atoms with Crippen LogP contribution in [0, 0.1) is 17.8 Å². The van der Waals surface area contributed by atoms with Gasteiger partial charge in [0, 0.05) is 18.8 Å². The Morgan fingerprint density at radius 1 is 1.19 bits per heavy atom. The maximum Gasteiger partial charge on any atom is 0.148 e. The standard InChI is InChI=1S/C19H32O7/c1-5-7-11(3)18-19(4,26-18)17(25)14(10-21)16(24)13(9-20)15(23)8-12(22)6-2/h5,7,11,13-15,17-18,20-21,23,25H,6,8-10H2,1-4H3/b7-5-/t11-,13+,14-,15-,17-,18+,19?/m0/s1. The van der Waals surface area contributed by atoms with Gasteiger partial charge in [0.05, 0.1) is 43.4 Å². The van der Waals surface area contributed by atoms with Crippen molar-refractivity contribution in [3.8, 4) is 0 Å². The quantitative estimate of drug-likeness (QED) is 0.285. The van der Waals surface area contributed by atoms with E-state index in [2.05, 4.69) is 0 Å². The Morgan fingerprint density at radius 3 is 2.23 bits per heavy atom. The van der Waals surface area contributed by atoms with Crippen LogP contribution >= 0.6 is 0 Å². The molecule has 1 aliphatic heterocycles. The zero-order valence-corrected chi connectivity index (χ0v) is 16.0. The van der Waals surface area contributed by atoms with E-state index in [0.29, 0.717) is 0 Å². The van der Waals surface area contributed by atoms with Crippen LogP contribution in [0.15, 0.2) is 12.2 Å². The molecule has 1 saturated heterocycles. The predicted molar refractivity (Wildman–Crippen MR) is 95.3 cm³/mol. The van der Waals surface area contributed by atoms with Crippen LogP contribution in [0.1, 0.15) is 40.5 Å². The molecule has 1 rings (SSSR count). The molecule has 0 aromatic carbocycles. The number of Topliss-reactive ketones (excluding diaryl/α,β-unsaturated/α-hetero) is 2. The van der Waals surface area contributed by atoms with Crippen molar-refractivity contribution in [1.82, 2.24) is 0 Å². The van der Waals surface area contributed by atoms with Crippen LogP contribution in [-0.2, 0) is 14.3 Å². The molecular weight excluding hydrogens is 340 g/mol. The van der Waals surface area contributed by atoms with Gasteiger partial charge in [0.2, 0.25) is 0 Å². The maximum atomic E-state index is 12.7. The molecule has 1 unspecified atom stereocenters. The summed E-state index contributed by atoms with van der Waals surface area (Å²) in [6, 6.07) is 0. The number of hydrogen-bond acceptors (Lipinski definition) is 7. The normalized spacial score (nSPS) is 28.4. The molecule has 0 aliphatic carbocycles. The summed E-state index contributed by atoms with van der Waals surface area (Å²) in [6.07, 6.45) is 0.816. The summed E-state index contributed by atoms with van der Waals surface area (Å²) in [7, 11) is 0. The number of aliphatic hydroxyl groups is 4. The molecule has 7 nitrogen and oxygen atoms in total. The Kier molecular flexibility index (Phi) is 8.56. The van der Waals surface area contributed by atoms with Crippen molar-refractivity contribution in [3.05, 3.63) is 12.2 Å². The molecule has 0 radical (unpaired) electrons. The second-order valence-corrected chi connectivity index (χ2v) is 7.20. The molecule has 0 bridgehead atoms. The number of carbonyl (C=O) groups excluding carboxylic acids is 2. The lowest BCUT2D eigenvalue weighted by Crippen LogP contribution is -2.47. The molecule has 0 amide bonds. The number of carbonyl (C=O) groups is 2. The zero-order chi connectivity index (χ0) is 20.1. The largest absolute Gasteiger partial charge is 0.396 e. The number of ketones is 2. The molecule has 0 saturated carbocycles. The van der Waals surface area contributed by atoms with E-state index in [0.717, 1.165) is 0 Å². The van der Waals surface area contributed by atoms with Crippen molar-refractivity contribution < 1.29 is 34.8 Å². The molecular formula is C19H32O7. The number of epoxide rings is 1. The van der Waals surface area contributed by atoms with Crippen LogP contribution in [-0.4, -0.2) is 69.1 Å². The van der Waals surface area contributed by atoms with E-state index in [4.69, 9.17) is 4.74 Å². The third kappa shape index (κ3) is 4.98. The Labute approximate surface area is 154 Å². The van der Waals surface area contributed by atoms with Gasteiger partial charge in [0.15, 0.2) is 0 Å². The fourth-order valence-electron chi connectivity index (χ4n) is 3.45. The lowest BCUT2D eigenvalue weighted by molar-refractivity contribution is -0.140. The molecule has 1 aliphatic rings. The maximum absolute atomic E-state index is 12.7. The zero-order valence-electron chi connectivity index (χ0n) is 16.0. The van der Waals surface area contributed by atoms with Gasteiger partial charge in [-0.25, -0.2) is 0 Å². The molecule has 7 atom stereocenters. The van der Waals surface area contributed by atoms with E-state index < -0.39 is 48.6 Å². The molecule has 7 heteroatoms. The van der Waals surface area contributed by atoms with Crippen molar-refractivity contribution in [1.29, 1.82) is 0 Å². The number of allylic oxidation sites excluding steroid dienone is 1. The van der Waals surface area contributed by atoms with Gasteiger partial charge in [-0.2, -0.15) is 0 Å². The summed E-state index contributed by atoms with van der Waals surface area (Å²) in [5.74, 6) is -3.34. The first kappa shape index (κ1) is 22.9. The molecule has 0 spiro atoms. The lowest BCUT2D eigenvalue weighted by atomic mass is 9.79. The highest BCUT2D eigenvalue weighted by Gasteiger charge is 2.61.